The first-order chi connectivity index (χ1) is 13.6. The largest absolute Gasteiger partial charge is 0.478 e. The molecule has 2 atom stereocenters. The number of carboxylic acids is 1. The normalized spacial score (nSPS) is 18.1. The molecule has 1 aliphatic heterocycles. The second-order valence-corrected chi connectivity index (χ2v) is 7.14. The van der Waals surface area contributed by atoms with Gasteiger partial charge >= 0.3 is 5.97 Å². The summed E-state index contributed by atoms with van der Waals surface area (Å²) < 4.78 is 10.8. The summed E-state index contributed by atoms with van der Waals surface area (Å²) in [7, 11) is 3.64. The summed E-state index contributed by atoms with van der Waals surface area (Å²) in [5, 5.41) is 9.27. The van der Waals surface area contributed by atoms with Crippen LogP contribution in [0.3, 0.4) is 0 Å². The molecule has 0 aromatic heterocycles. The zero-order valence-electron chi connectivity index (χ0n) is 16.5. The summed E-state index contributed by atoms with van der Waals surface area (Å²) >= 11 is 0. The monoisotopic (exact) mass is 384 g/mol. The second-order valence-electron chi connectivity index (χ2n) is 7.14. The molecule has 1 aliphatic rings. The molecule has 6 nitrogen and oxygen atoms in total. The van der Waals surface area contributed by atoms with E-state index in [4.69, 9.17) is 9.47 Å². The van der Waals surface area contributed by atoms with E-state index in [-0.39, 0.29) is 12.1 Å². The minimum Gasteiger partial charge on any atom is -0.478 e. The van der Waals surface area contributed by atoms with Crippen LogP contribution < -0.4 is 4.90 Å². The first kappa shape index (κ1) is 20.3. The van der Waals surface area contributed by atoms with Crippen molar-refractivity contribution in [2.75, 3.05) is 45.5 Å². The highest BCUT2D eigenvalue weighted by Crippen LogP contribution is 2.28. The molecule has 0 saturated carbocycles. The van der Waals surface area contributed by atoms with Gasteiger partial charge in [0.15, 0.2) is 0 Å². The first-order valence-corrected chi connectivity index (χ1v) is 9.52. The fraction of sp³-hybridized carbons (Fsp3) is 0.409. The zero-order valence-corrected chi connectivity index (χ0v) is 16.5. The number of anilines is 1. The molecule has 150 valence electrons. The van der Waals surface area contributed by atoms with E-state index in [2.05, 4.69) is 34.1 Å². The Labute approximate surface area is 166 Å². The van der Waals surface area contributed by atoms with Crippen LogP contribution in [0.25, 0.3) is 0 Å². The number of ether oxygens (including phenoxy) is 2. The minimum absolute atomic E-state index is 0.173. The van der Waals surface area contributed by atoms with Gasteiger partial charge in [0, 0.05) is 39.5 Å². The maximum atomic E-state index is 11.3. The molecule has 0 aliphatic carbocycles. The molecule has 1 N–H and O–H groups in total. The fourth-order valence-corrected chi connectivity index (χ4v) is 3.69. The van der Waals surface area contributed by atoms with Gasteiger partial charge < -0.3 is 19.5 Å². The third-order valence-electron chi connectivity index (χ3n) is 5.20. The summed E-state index contributed by atoms with van der Waals surface area (Å²) in [6.45, 7) is 2.88. The topological polar surface area (TPSA) is 62.2 Å². The average molecular weight is 384 g/mol. The highest BCUT2D eigenvalue weighted by atomic mass is 16.7. The SMILES string of the molecule is COCO[C@H]1CCN([C@@H](CN(C)c2cccc(C(=O)O)c2)c2ccccc2)C1. The number of rotatable bonds is 9. The molecule has 0 amide bonds. The molecule has 0 unspecified atom stereocenters. The Hall–Kier alpha value is -2.41. The number of likely N-dealkylation sites (tertiary alicyclic amines) is 1. The van der Waals surface area contributed by atoms with Gasteiger partial charge in [-0.1, -0.05) is 36.4 Å². The Morgan fingerprint density at radius 1 is 1.25 bits per heavy atom. The van der Waals surface area contributed by atoms with Gasteiger partial charge in [-0.05, 0) is 30.2 Å². The van der Waals surface area contributed by atoms with Crippen molar-refractivity contribution >= 4 is 11.7 Å². The lowest BCUT2D eigenvalue weighted by atomic mass is 10.0. The molecular weight excluding hydrogens is 356 g/mol. The van der Waals surface area contributed by atoms with Crippen molar-refractivity contribution in [3.8, 4) is 0 Å². The summed E-state index contributed by atoms with van der Waals surface area (Å²) in [4.78, 5) is 15.9. The Balaban J connectivity index is 1.76. The zero-order chi connectivity index (χ0) is 19.9. The molecule has 0 bridgehead atoms. The molecular formula is C22H28N2O4. The van der Waals surface area contributed by atoms with Crippen LogP contribution >= 0.6 is 0 Å². The van der Waals surface area contributed by atoms with Gasteiger partial charge in [-0.2, -0.15) is 0 Å². The van der Waals surface area contributed by atoms with Crippen LogP contribution in [0.4, 0.5) is 5.69 Å². The van der Waals surface area contributed by atoms with Crippen LogP contribution in [0.2, 0.25) is 0 Å². The van der Waals surface area contributed by atoms with E-state index >= 15 is 0 Å². The predicted octanol–water partition coefficient (Wildman–Crippen LogP) is 3.26. The third-order valence-corrected chi connectivity index (χ3v) is 5.20. The van der Waals surface area contributed by atoms with Gasteiger partial charge in [0.25, 0.3) is 0 Å². The molecule has 2 aromatic carbocycles. The van der Waals surface area contributed by atoms with Crippen molar-refractivity contribution in [3.63, 3.8) is 0 Å². The number of hydrogen-bond donors (Lipinski definition) is 1. The third kappa shape index (κ3) is 5.10. The molecule has 0 spiro atoms. The maximum Gasteiger partial charge on any atom is 0.335 e. The number of methoxy groups -OCH3 is 1. The molecule has 2 aromatic rings. The quantitative estimate of drug-likeness (QED) is 0.670. The van der Waals surface area contributed by atoms with Gasteiger partial charge in [-0.3, -0.25) is 4.90 Å². The maximum absolute atomic E-state index is 11.3. The fourth-order valence-electron chi connectivity index (χ4n) is 3.69. The van der Waals surface area contributed by atoms with Crippen molar-refractivity contribution in [1.29, 1.82) is 0 Å². The average Bonchev–Trinajstić information content (AvgIpc) is 3.19. The summed E-state index contributed by atoms with van der Waals surface area (Å²) in [5.74, 6) is -0.910. The van der Waals surface area contributed by atoms with E-state index < -0.39 is 5.97 Å². The summed E-state index contributed by atoms with van der Waals surface area (Å²) in [5.41, 5.74) is 2.44. The highest BCUT2D eigenvalue weighted by molar-refractivity contribution is 5.88. The van der Waals surface area contributed by atoms with Crippen LogP contribution in [0.15, 0.2) is 54.6 Å². The molecule has 3 rings (SSSR count). The Morgan fingerprint density at radius 2 is 2.04 bits per heavy atom. The lowest BCUT2D eigenvalue weighted by molar-refractivity contribution is -0.0679. The Bertz CT molecular complexity index is 768. The van der Waals surface area contributed by atoms with Crippen molar-refractivity contribution in [2.24, 2.45) is 0 Å². The minimum atomic E-state index is -0.910. The van der Waals surface area contributed by atoms with Crippen LogP contribution in [-0.2, 0) is 9.47 Å². The van der Waals surface area contributed by atoms with Crippen molar-refractivity contribution in [3.05, 3.63) is 65.7 Å². The lowest BCUT2D eigenvalue weighted by Gasteiger charge is -2.33. The highest BCUT2D eigenvalue weighted by Gasteiger charge is 2.30. The number of carbonyl (C=O) groups is 1. The summed E-state index contributed by atoms with van der Waals surface area (Å²) in [6.07, 6.45) is 1.15. The smallest absolute Gasteiger partial charge is 0.335 e. The van der Waals surface area contributed by atoms with Gasteiger partial charge in [0.1, 0.15) is 6.79 Å². The van der Waals surface area contributed by atoms with Gasteiger partial charge in [-0.25, -0.2) is 4.79 Å². The molecule has 28 heavy (non-hydrogen) atoms. The van der Waals surface area contributed by atoms with Crippen molar-refractivity contribution in [2.45, 2.75) is 18.6 Å². The predicted molar refractivity (Wildman–Crippen MR) is 109 cm³/mol. The Morgan fingerprint density at radius 3 is 2.75 bits per heavy atom. The van der Waals surface area contributed by atoms with Gasteiger partial charge in [0.05, 0.1) is 17.7 Å². The van der Waals surface area contributed by atoms with Crippen molar-refractivity contribution < 1.29 is 19.4 Å². The van der Waals surface area contributed by atoms with E-state index in [1.165, 1.54) is 5.56 Å². The molecule has 1 saturated heterocycles. The van der Waals surface area contributed by atoms with E-state index in [0.717, 1.165) is 31.7 Å². The molecule has 1 fully saturated rings. The Kier molecular flexibility index (Phi) is 7.03. The number of carboxylic acid groups (broad SMARTS) is 1. The van der Waals surface area contributed by atoms with Crippen molar-refractivity contribution in [1.82, 2.24) is 4.90 Å². The number of benzene rings is 2. The molecule has 0 radical (unpaired) electrons. The van der Waals surface area contributed by atoms with Crippen LogP contribution in [0, 0.1) is 0 Å². The molecule has 1 heterocycles. The lowest BCUT2D eigenvalue weighted by Crippen LogP contribution is -2.36. The number of aromatic carboxylic acids is 1. The second kappa shape index (κ2) is 9.68. The number of nitrogens with zero attached hydrogens (tertiary/aromatic N) is 2. The standard InChI is InChI=1S/C22H28N2O4/c1-23(19-10-6-9-18(13-19)22(25)26)15-21(17-7-4-3-5-8-17)24-12-11-20(14-24)28-16-27-2/h3-10,13,20-21H,11-12,14-16H2,1-2H3,(H,25,26)/t20-,21-/m0/s1. The van der Waals surface area contributed by atoms with Crippen LogP contribution in [-0.4, -0.2) is 62.7 Å². The van der Waals surface area contributed by atoms with Crippen LogP contribution in [0.5, 0.6) is 0 Å². The van der Waals surface area contributed by atoms with E-state index in [9.17, 15) is 9.90 Å². The van der Waals surface area contributed by atoms with Gasteiger partial charge in [-0.15, -0.1) is 0 Å². The van der Waals surface area contributed by atoms with E-state index in [1.807, 2.05) is 19.2 Å². The van der Waals surface area contributed by atoms with Gasteiger partial charge in [0.2, 0.25) is 0 Å². The number of hydrogen-bond acceptors (Lipinski definition) is 5. The van der Waals surface area contributed by atoms with E-state index in [1.54, 1.807) is 25.3 Å². The van der Waals surface area contributed by atoms with E-state index in [0.29, 0.717) is 12.4 Å². The molecule has 6 heteroatoms. The number of likely N-dealkylation sites (N-methyl/N-ethyl adjacent to an activating group) is 1. The van der Waals surface area contributed by atoms with Crippen LogP contribution in [0.1, 0.15) is 28.4 Å². The first-order valence-electron chi connectivity index (χ1n) is 9.52. The summed E-state index contributed by atoms with van der Waals surface area (Å²) in [6, 6.07) is 17.7.